The van der Waals surface area contributed by atoms with E-state index >= 15 is 0 Å². The number of benzene rings is 1. The van der Waals surface area contributed by atoms with Gasteiger partial charge >= 0.3 is 0 Å². The van der Waals surface area contributed by atoms with Crippen LogP contribution in [0.1, 0.15) is 11.1 Å². The van der Waals surface area contributed by atoms with Gasteiger partial charge in [0.05, 0.1) is 5.52 Å². The lowest BCUT2D eigenvalue weighted by Gasteiger charge is -2.04. The third-order valence-electron chi connectivity index (χ3n) is 3.14. The average Bonchev–Trinajstić information content (AvgIpc) is 2.47. The highest BCUT2D eigenvalue weighted by molar-refractivity contribution is 5.85. The molecule has 0 aliphatic heterocycles. The first-order valence-corrected chi connectivity index (χ1v) is 6.67. The molecule has 0 saturated carbocycles. The molecule has 1 aromatic carbocycles. The number of aromatic nitrogens is 1. The molecule has 0 spiro atoms. The fraction of sp³-hybridized carbons (Fsp3) is 0. The maximum atomic E-state index is 4.42. The van der Waals surface area contributed by atoms with Crippen molar-refractivity contribution in [1.82, 2.24) is 4.98 Å². The van der Waals surface area contributed by atoms with Crippen molar-refractivity contribution in [3.8, 4) is 0 Å². The summed E-state index contributed by atoms with van der Waals surface area (Å²) >= 11 is 0. The van der Waals surface area contributed by atoms with Crippen molar-refractivity contribution in [3.05, 3.63) is 90.2 Å². The van der Waals surface area contributed by atoms with Gasteiger partial charge in [-0.2, -0.15) is 0 Å². The Balaban J connectivity index is 2.15. The van der Waals surface area contributed by atoms with Crippen LogP contribution in [0.15, 0.2) is 79.1 Å². The predicted molar refractivity (Wildman–Crippen MR) is 87.2 cm³/mol. The Morgan fingerprint density at radius 3 is 1.95 bits per heavy atom. The monoisotopic (exact) mass is 257 g/mol. The Morgan fingerprint density at radius 2 is 1.25 bits per heavy atom. The molecule has 0 unspecified atom stereocenters. The van der Waals surface area contributed by atoms with Gasteiger partial charge in [0.15, 0.2) is 0 Å². The lowest BCUT2D eigenvalue weighted by molar-refractivity contribution is 1.41. The summed E-state index contributed by atoms with van der Waals surface area (Å²) in [6, 6.07) is 8.37. The first kappa shape index (κ1) is 12.4. The number of hydrogen-bond acceptors (Lipinski definition) is 1. The van der Waals surface area contributed by atoms with E-state index in [0.29, 0.717) is 0 Å². The van der Waals surface area contributed by atoms with Gasteiger partial charge in [-0.25, -0.2) is 0 Å². The lowest BCUT2D eigenvalue weighted by atomic mass is 10.0. The standard InChI is InChI=1S/C19H15N/c1-2-4-6-8-11-17-15-19-18(12-9-13-20-19)14-16(17)10-7-5-3-1/h1-15H/b2-1-,3-1?,4-2?,5-3-,6-4-,7-5?,8-6?,10-7-,11-8-,16-10?,17-11?. The van der Waals surface area contributed by atoms with Gasteiger partial charge in [-0.3, -0.25) is 4.98 Å². The van der Waals surface area contributed by atoms with Crippen LogP contribution in [-0.4, -0.2) is 4.98 Å². The summed E-state index contributed by atoms with van der Waals surface area (Å²) in [4.78, 5) is 4.42. The summed E-state index contributed by atoms with van der Waals surface area (Å²) in [6.07, 6.45) is 22.3. The Morgan fingerprint density at radius 1 is 0.650 bits per heavy atom. The van der Waals surface area contributed by atoms with Crippen molar-refractivity contribution in [2.24, 2.45) is 0 Å². The first-order valence-electron chi connectivity index (χ1n) is 6.67. The first-order chi connectivity index (χ1) is 9.93. The van der Waals surface area contributed by atoms with Gasteiger partial charge in [-0.15, -0.1) is 0 Å². The second-order valence-electron chi connectivity index (χ2n) is 4.55. The van der Waals surface area contributed by atoms with Crippen molar-refractivity contribution < 1.29 is 0 Å². The Kier molecular flexibility index (Phi) is 3.70. The van der Waals surface area contributed by atoms with Crippen LogP contribution < -0.4 is 0 Å². The van der Waals surface area contributed by atoms with Crippen molar-refractivity contribution in [1.29, 1.82) is 0 Å². The summed E-state index contributed by atoms with van der Waals surface area (Å²) in [5.74, 6) is 0. The van der Waals surface area contributed by atoms with E-state index in [0.717, 1.165) is 10.9 Å². The number of pyridine rings is 1. The molecule has 20 heavy (non-hydrogen) atoms. The van der Waals surface area contributed by atoms with E-state index in [1.54, 1.807) is 0 Å². The molecule has 0 fully saturated rings. The highest BCUT2D eigenvalue weighted by Gasteiger charge is 2.00. The molecule has 1 heterocycles. The SMILES string of the molecule is C1=C\C=C/C=C\c2cc3ncccc3cc2/C=C\C=C/1. The largest absolute Gasteiger partial charge is 0.256 e. The van der Waals surface area contributed by atoms with Crippen molar-refractivity contribution in [2.75, 3.05) is 0 Å². The van der Waals surface area contributed by atoms with Gasteiger partial charge in [0, 0.05) is 11.6 Å². The van der Waals surface area contributed by atoms with Gasteiger partial charge in [0.2, 0.25) is 0 Å². The molecule has 0 amide bonds. The predicted octanol–water partition coefficient (Wildman–Crippen LogP) is 4.94. The van der Waals surface area contributed by atoms with E-state index in [1.165, 1.54) is 11.1 Å². The molecule has 0 bridgehead atoms. The average molecular weight is 257 g/mol. The van der Waals surface area contributed by atoms with E-state index in [4.69, 9.17) is 0 Å². The third kappa shape index (κ3) is 2.83. The van der Waals surface area contributed by atoms with Gasteiger partial charge in [0.1, 0.15) is 0 Å². The molecule has 0 radical (unpaired) electrons. The zero-order valence-corrected chi connectivity index (χ0v) is 11.1. The zero-order chi connectivity index (χ0) is 13.6. The second kappa shape index (κ2) is 5.98. The number of fused-ring (bicyclic) bond motifs is 2. The number of allylic oxidation sites excluding steroid dienone is 8. The maximum absolute atomic E-state index is 4.42. The third-order valence-corrected chi connectivity index (χ3v) is 3.14. The fourth-order valence-electron chi connectivity index (χ4n) is 2.15. The van der Waals surface area contributed by atoms with Crippen molar-refractivity contribution >= 4 is 23.1 Å². The van der Waals surface area contributed by atoms with Crippen LogP contribution >= 0.6 is 0 Å². The number of hydrogen-bond donors (Lipinski definition) is 0. The topological polar surface area (TPSA) is 12.9 Å². The smallest absolute Gasteiger partial charge is 0.0708 e. The van der Waals surface area contributed by atoms with Crippen LogP contribution in [0.3, 0.4) is 0 Å². The minimum atomic E-state index is 1.02. The summed E-state index contributed by atoms with van der Waals surface area (Å²) < 4.78 is 0. The molecule has 1 nitrogen and oxygen atoms in total. The Bertz CT molecular complexity index is 694. The molecule has 3 rings (SSSR count). The highest BCUT2D eigenvalue weighted by atomic mass is 14.6. The van der Waals surface area contributed by atoms with Crippen LogP contribution in [0.5, 0.6) is 0 Å². The van der Waals surface area contributed by atoms with Crippen LogP contribution in [0.4, 0.5) is 0 Å². The summed E-state index contributed by atoms with van der Waals surface area (Å²) in [6.45, 7) is 0. The van der Waals surface area contributed by atoms with Crippen LogP contribution in [0.2, 0.25) is 0 Å². The van der Waals surface area contributed by atoms with E-state index < -0.39 is 0 Å². The summed E-state index contributed by atoms with van der Waals surface area (Å²) in [7, 11) is 0. The zero-order valence-electron chi connectivity index (χ0n) is 11.1. The van der Waals surface area contributed by atoms with Gasteiger partial charge in [-0.05, 0) is 29.3 Å². The lowest BCUT2D eigenvalue weighted by Crippen LogP contribution is -1.85. The molecule has 0 N–H and O–H groups in total. The van der Waals surface area contributed by atoms with E-state index in [-0.39, 0.29) is 0 Å². The summed E-state index contributed by atoms with van der Waals surface area (Å²) in [5.41, 5.74) is 3.40. The van der Waals surface area contributed by atoms with Crippen molar-refractivity contribution in [3.63, 3.8) is 0 Å². The number of rotatable bonds is 0. The van der Waals surface area contributed by atoms with Crippen LogP contribution in [0.25, 0.3) is 23.1 Å². The van der Waals surface area contributed by atoms with Crippen molar-refractivity contribution in [2.45, 2.75) is 0 Å². The van der Waals surface area contributed by atoms with Crippen LogP contribution in [0, 0.1) is 0 Å². The Labute approximate surface area is 119 Å². The second-order valence-corrected chi connectivity index (χ2v) is 4.55. The van der Waals surface area contributed by atoms with E-state index in [1.807, 2.05) is 48.7 Å². The Hall–Kier alpha value is -2.67. The molecular weight excluding hydrogens is 242 g/mol. The van der Waals surface area contributed by atoms with E-state index in [9.17, 15) is 0 Å². The van der Waals surface area contributed by atoms with E-state index in [2.05, 4.69) is 47.5 Å². The quantitative estimate of drug-likeness (QED) is 0.651. The number of nitrogens with zero attached hydrogens (tertiary/aromatic N) is 1. The fourth-order valence-corrected chi connectivity index (χ4v) is 2.15. The highest BCUT2D eigenvalue weighted by Crippen LogP contribution is 2.21. The van der Waals surface area contributed by atoms with Crippen LogP contribution in [-0.2, 0) is 0 Å². The minimum absolute atomic E-state index is 1.02. The molecule has 1 aromatic heterocycles. The molecule has 1 heteroatoms. The molecule has 96 valence electrons. The summed E-state index contributed by atoms with van der Waals surface area (Å²) in [5, 5.41) is 1.16. The normalized spacial score (nSPS) is 22.0. The molecule has 0 saturated heterocycles. The maximum Gasteiger partial charge on any atom is 0.0708 e. The minimum Gasteiger partial charge on any atom is -0.256 e. The van der Waals surface area contributed by atoms with Gasteiger partial charge in [-0.1, -0.05) is 66.8 Å². The molecule has 1 aliphatic rings. The molecule has 1 aliphatic carbocycles. The van der Waals surface area contributed by atoms with Gasteiger partial charge in [0.25, 0.3) is 0 Å². The molecular formula is C19H15N. The molecule has 2 aromatic rings. The molecule has 0 atom stereocenters. The van der Waals surface area contributed by atoms with Gasteiger partial charge < -0.3 is 0 Å².